The van der Waals surface area contributed by atoms with Gasteiger partial charge in [0.25, 0.3) is 5.56 Å². The first-order valence-corrected chi connectivity index (χ1v) is 10.00. The largest absolute Gasteiger partial charge is 0.479 e. The first-order valence-electron chi connectivity index (χ1n) is 8.77. The zero-order chi connectivity index (χ0) is 20.8. The number of hydrogen-bond donors (Lipinski definition) is 2. The third-order valence-electron chi connectivity index (χ3n) is 4.23. The van der Waals surface area contributed by atoms with Crippen LogP contribution in [-0.2, 0) is 16.1 Å². The number of carbonyl (C=O) groups excluding carboxylic acids is 1. The van der Waals surface area contributed by atoms with Crippen LogP contribution in [0.15, 0.2) is 76.4 Å². The second-order valence-electron chi connectivity index (χ2n) is 6.19. The number of nitrogens with zero attached hydrogens (tertiary/aromatic N) is 2. The fraction of sp³-hybridized carbons (Fsp3) is 0.143. The normalized spacial score (nSPS) is 11.6. The summed E-state index contributed by atoms with van der Waals surface area (Å²) in [5.74, 6) is -1.81. The Labute approximate surface area is 171 Å². The lowest BCUT2D eigenvalue weighted by Crippen LogP contribution is -2.38. The number of nitrogens with one attached hydrogen (secondary N) is 1. The molecule has 0 spiro atoms. The van der Waals surface area contributed by atoms with Gasteiger partial charge in [-0.05, 0) is 30.0 Å². The highest BCUT2D eigenvalue weighted by molar-refractivity contribution is 7.98. The summed E-state index contributed by atoms with van der Waals surface area (Å²) in [5, 5.41) is 16.1. The van der Waals surface area contributed by atoms with Gasteiger partial charge in [-0.3, -0.25) is 9.59 Å². The summed E-state index contributed by atoms with van der Waals surface area (Å²) in [7, 11) is 0. The van der Waals surface area contributed by atoms with Crippen molar-refractivity contribution in [3.05, 3.63) is 82.6 Å². The molecule has 0 unspecified atom stereocenters. The number of carboxylic acid groups (broad SMARTS) is 1. The van der Waals surface area contributed by atoms with Crippen molar-refractivity contribution < 1.29 is 14.7 Å². The van der Waals surface area contributed by atoms with Crippen LogP contribution < -0.4 is 10.9 Å². The number of amides is 1. The average Bonchev–Trinajstić information content (AvgIpc) is 2.74. The molecule has 1 aromatic heterocycles. The maximum Gasteiger partial charge on any atom is 0.330 e. The lowest BCUT2D eigenvalue weighted by Gasteiger charge is -2.15. The van der Waals surface area contributed by atoms with Crippen LogP contribution in [0.2, 0.25) is 0 Å². The van der Waals surface area contributed by atoms with Crippen molar-refractivity contribution in [1.82, 2.24) is 15.1 Å². The van der Waals surface area contributed by atoms with Crippen LogP contribution >= 0.6 is 11.8 Å². The Balaban J connectivity index is 1.79. The molecule has 0 saturated heterocycles. The third kappa shape index (κ3) is 5.11. The molecular formula is C21H19N3O4S. The van der Waals surface area contributed by atoms with E-state index in [2.05, 4.69) is 10.4 Å². The van der Waals surface area contributed by atoms with E-state index in [1.807, 2.05) is 30.5 Å². The first-order chi connectivity index (χ1) is 14.0. The summed E-state index contributed by atoms with van der Waals surface area (Å²) in [6, 6.07) is 17.8. The fourth-order valence-electron chi connectivity index (χ4n) is 2.75. The molecule has 2 aromatic carbocycles. The van der Waals surface area contributed by atoms with Gasteiger partial charge in [0.05, 0.1) is 5.69 Å². The van der Waals surface area contributed by atoms with E-state index in [0.717, 1.165) is 15.1 Å². The van der Waals surface area contributed by atoms with E-state index in [1.165, 1.54) is 6.07 Å². The maximum absolute atomic E-state index is 12.4. The average molecular weight is 409 g/mol. The van der Waals surface area contributed by atoms with Gasteiger partial charge >= 0.3 is 5.97 Å². The standard InChI is InChI=1S/C21H19N3O4S/c1-29-16-9-7-14(8-10-16)17-11-12-19(26)24(23-17)13-18(25)22-20(21(27)28)15-5-3-2-4-6-15/h2-12,20H,13H2,1H3,(H,22,25)(H,27,28)/t20-/m0/s1. The second-order valence-corrected chi connectivity index (χ2v) is 7.07. The second kappa shape index (κ2) is 9.20. The van der Waals surface area contributed by atoms with Gasteiger partial charge in [-0.25, -0.2) is 9.48 Å². The quantitative estimate of drug-likeness (QED) is 0.582. The van der Waals surface area contributed by atoms with Crippen molar-refractivity contribution in [2.24, 2.45) is 0 Å². The zero-order valence-electron chi connectivity index (χ0n) is 15.6. The molecule has 0 aliphatic heterocycles. The lowest BCUT2D eigenvalue weighted by atomic mass is 10.1. The van der Waals surface area contributed by atoms with Crippen LogP contribution in [0.25, 0.3) is 11.3 Å². The van der Waals surface area contributed by atoms with E-state index in [9.17, 15) is 19.5 Å². The van der Waals surface area contributed by atoms with Crippen molar-refractivity contribution in [3.63, 3.8) is 0 Å². The molecule has 29 heavy (non-hydrogen) atoms. The molecule has 1 heterocycles. The molecule has 1 amide bonds. The smallest absolute Gasteiger partial charge is 0.330 e. The number of rotatable bonds is 7. The molecule has 0 radical (unpaired) electrons. The Kier molecular flexibility index (Phi) is 6.46. The van der Waals surface area contributed by atoms with Crippen LogP contribution in [0.1, 0.15) is 11.6 Å². The highest BCUT2D eigenvalue weighted by Gasteiger charge is 2.22. The Morgan fingerprint density at radius 3 is 2.38 bits per heavy atom. The van der Waals surface area contributed by atoms with E-state index >= 15 is 0 Å². The highest BCUT2D eigenvalue weighted by atomic mass is 32.2. The van der Waals surface area contributed by atoms with Gasteiger partial charge < -0.3 is 10.4 Å². The predicted octanol–water partition coefficient (Wildman–Crippen LogP) is 2.57. The van der Waals surface area contributed by atoms with Crippen LogP contribution in [0.5, 0.6) is 0 Å². The molecular weight excluding hydrogens is 390 g/mol. The lowest BCUT2D eigenvalue weighted by molar-refractivity contribution is -0.142. The van der Waals surface area contributed by atoms with Crippen molar-refractivity contribution in [2.45, 2.75) is 17.5 Å². The van der Waals surface area contributed by atoms with E-state index < -0.39 is 23.5 Å². The first kappa shape index (κ1) is 20.3. The Morgan fingerprint density at radius 2 is 1.76 bits per heavy atom. The summed E-state index contributed by atoms with van der Waals surface area (Å²) in [6.45, 7) is -0.383. The number of carboxylic acids is 1. The molecule has 3 rings (SSSR count). The van der Waals surface area contributed by atoms with E-state index in [1.54, 1.807) is 48.2 Å². The van der Waals surface area contributed by atoms with Crippen LogP contribution in [0.4, 0.5) is 0 Å². The minimum Gasteiger partial charge on any atom is -0.479 e. The third-order valence-corrected chi connectivity index (χ3v) is 4.97. The Bertz CT molecular complexity index is 1070. The number of aliphatic carboxylic acids is 1. The Hall–Kier alpha value is -3.39. The van der Waals surface area contributed by atoms with Crippen LogP contribution in [0, 0.1) is 0 Å². The highest BCUT2D eigenvalue weighted by Crippen LogP contribution is 2.20. The number of hydrogen-bond acceptors (Lipinski definition) is 5. The molecule has 1 atom stereocenters. The van der Waals surface area contributed by atoms with Gasteiger partial charge in [-0.2, -0.15) is 5.10 Å². The molecule has 0 fully saturated rings. The van der Waals surface area contributed by atoms with Crippen molar-refractivity contribution >= 4 is 23.6 Å². The maximum atomic E-state index is 12.4. The van der Waals surface area contributed by atoms with Gasteiger partial charge in [0.15, 0.2) is 6.04 Å². The number of aromatic nitrogens is 2. The van der Waals surface area contributed by atoms with Crippen LogP contribution in [0.3, 0.4) is 0 Å². The molecule has 0 bridgehead atoms. The number of carbonyl (C=O) groups is 2. The van der Waals surface area contributed by atoms with Gasteiger partial charge in [-0.15, -0.1) is 11.8 Å². The van der Waals surface area contributed by atoms with Crippen molar-refractivity contribution in [3.8, 4) is 11.3 Å². The van der Waals surface area contributed by atoms with E-state index in [-0.39, 0.29) is 6.54 Å². The Morgan fingerprint density at radius 1 is 1.07 bits per heavy atom. The summed E-state index contributed by atoms with van der Waals surface area (Å²) in [6.07, 6.45) is 1.98. The molecule has 0 aliphatic rings. The molecule has 148 valence electrons. The summed E-state index contributed by atoms with van der Waals surface area (Å²) in [4.78, 5) is 37.2. The van der Waals surface area contributed by atoms with E-state index in [4.69, 9.17) is 0 Å². The zero-order valence-corrected chi connectivity index (χ0v) is 16.4. The predicted molar refractivity (Wildman–Crippen MR) is 111 cm³/mol. The van der Waals surface area contributed by atoms with Gasteiger partial charge in [0, 0.05) is 16.5 Å². The van der Waals surface area contributed by atoms with Crippen molar-refractivity contribution in [2.75, 3.05) is 6.26 Å². The summed E-state index contributed by atoms with van der Waals surface area (Å²) < 4.78 is 1.02. The minimum atomic E-state index is -1.21. The molecule has 7 nitrogen and oxygen atoms in total. The number of benzene rings is 2. The molecule has 2 N–H and O–H groups in total. The van der Waals surface area contributed by atoms with Gasteiger partial charge in [0.1, 0.15) is 6.54 Å². The summed E-state index contributed by atoms with van der Waals surface area (Å²) in [5.41, 5.74) is 1.35. The van der Waals surface area contributed by atoms with Gasteiger partial charge in [-0.1, -0.05) is 42.5 Å². The molecule has 0 saturated carbocycles. The van der Waals surface area contributed by atoms with Gasteiger partial charge in [0.2, 0.25) is 5.91 Å². The SMILES string of the molecule is CSc1ccc(-c2ccc(=O)n(CC(=O)N[C@H](C(=O)O)c3ccccc3)n2)cc1. The minimum absolute atomic E-state index is 0.383. The topological polar surface area (TPSA) is 101 Å². The monoisotopic (exact) mass is 409 g/mol. The van der Waals surface area contributed by atoms with Crippen LogP contribution in [-0.4, -0.2) is 33.0 Å². The van der Waals surface area contributed by atoms with Crippen molar-refractivity contribution in [1.29, 1.82) is 0 Å². The van der Waals surface area contributed by atoms with E-state index in [0.29, 0.717) is 11.3 Å². The molecule has 8 heteroatoms. The number of thioether (sulfide) groups is 1. The molecule has 3 aromatic rings. The fourth-order valence-corrected chi connectivity index (χ4v) is 3.16. The molecule has 0 aliphatic carbocycles. The summed E-state index contributed by atoms with van der Waals surface area (Å²) >= 11 is 1.62.